The number of hydrogen-bond acceptors (Lipinski definition) is 2. The first-order chi connectivity index (χ1) is 29.7. The van der Waals surface area contributed by atoms with Crippen molar-refractivity contribution in [2.75, 3.05) is 4.90 Å². The Hall–Kier alpha value is -7.94. The zero-order chi connectivity index (χ0) is 39.8. The van der Waals surface area contributed by atoms with Gasteiger partial charge < -0.3 is 9.32 Å². The highest BCUT2D eigenvalue weighted by Gasteiger charge is 2.21. The van der Waals surface area contributed by atoms with E-state index < -0.39 is 0 Å². The zero-order valence-electron chi connectivity index (χ0n) is 32.9. The standard InChI is InChI=1S/C58H39NO/c1-4-16-40(17-5-1)45-23-14-24-50(39-45)59(49-33-30-43(31-34-49)48-37-46(41-18-6-2-7-19-41)36-47(38-48)42-20-8-3-9-21-42)55-28-13-12-26-52(55)53-27-15-29-56-57(53)54-35-32-44-22-10-11-25-51(44)58(54)60-56/h1-39H. The summed E-state index contributed by atoms with van der Waals surface area (Å²) >= 11 is 0. The van der Waals surface area contributed by atoms with E-state index in [1.165, 1.54) is 38.8 Å². The van der Waals surface area contributed by atoms with Crippen LogP contribution in [-0.2, 0) is 0 Å². The molecule has 0 atom stereocenters. The summed E-state index contributed by atoms with van der Waals surface area (Å²) in [6.07, 6.45) is 0. The first-order valence-electron chi connectivity index (χ1n) is 20.5. The highest BCUT2D eigenvalue weighted by molar-refractivity contribution is 6.19. The van der Waals surface area contributed by atoms with Gasteiger partial charge in [0.1, 0.15) is 11.2 Å². The molecule has 0 saturated heterocycles. The molecule has 11 rings (SSSR count). The van der Waals surface area contributed by atoms with Crippen molar-refractivity contribution in [3.05, 3.63) is 237 Å². The van der Waals surface area contributed by atoms with Gasteiger partial charge >= 0.3 is 0 Å². The van der Waals surface area contributed by atoms with Crippen LogP contribution < -0.4 is 4.90 Å². The lowest BCUT2D eigenvalue weighted by atomic mass is 9.93. The number of anilines is 3. The van der Waals surface area contributed by atoms with E-state index in [9.17, 15) is 0 Å². The quantitative estimate of drug-likeness (QED) is 0.153. The number of benzene rings is 10. The Labute approximate surface area is 349 Å². The Kier molecular flexibility index (Phi) is 8.87. The minimum atomic E-state index is 0.878. The Morgan fingerprint density at radius 1 is 0.300 bits per heavy atom. The third kappa shape index (κ3) is 6.41. The molecule has 0 fully saturated rings. The first kappa shape index (κ1) is 35.2. The van der Waals surface area contributed by atoms with Crippen LogP contribution in [0.15, 0.2) is 241 Å². The van der Waals surface area contributed by atoms with Crippen LogP contribution in [0.4, 0.5) is 17.1 Å². The summed E-state index contributed by atoms with van der Waals surface area (Å²) < 4.78 is 6.68. The second kappa shape index (κ2) is 15.1. The van der Waals surface area contributed by atoms with Gasteiger partial charge in [-0.05, 0) is 116 Å². The molecule has 0 aliphatic rings. The van der Waals surface area contributed by atoms with Crippen molar-refractivity contribution in [3.63, 3.8) is 0 Å². The maximum absolute atomic E-state index is 6.68. The molecule has 0 aliphatic heterocycles. The van der Waals surface area contributed by atoms with Crippen LogP contribution in [0.25, 0.3) is 88.3 Å². The van der Waals surface area contributed by atoms with Gasteiger partial charge in [-0.1, -0.05) is 176 Å². The number of furan rings is 1. The normalized spacial score (nSPS) is 11.3. The average molecular weight is 766 g/mol. The van der Waals surface area contributed by atoms with Crippen molar-refractivity contribution < 1.29 is 4.42 Å². The van der Waals surface area contributed by atoms with Crippen molar-refractivity contribution in [2.24, 2.45) is 0 Å². The first-order valence-corrected chi connectivity index (χ1v) is 20.5. The molecule has 0 N–H and O–H groups in total. The average Bonchev–Trinajstić information content (AvgIpc) is 3.73. The fourth-order valence-electron chi connectivity index (χ4n) is 8.75. The molecule has 10 aromatic carbocycles. The minimum absolute atomic E-state index is 0.878. The molecular formula is C58H39NO. The zero-order valence-corrected chi connectivity index (χ0v) is 32.9. The highest BCUT2D eigenvalue weighted by Crippen LogP contribution is 2.46. The topological polar surface area (TPSA) is 16.4 Å². The van der Waals surface area contributed by atoms with Crippen molar-refractivity contribution in [2.45, 2.75) is 0 Å². The monoisotopic (exact) mass is 765 g/mol. The Bertz CT molecular complexity index is 3240. The van der Waals surface area contributed by atoms with Gasteiger partial charge in [0.05, 0.1) is 5.69 Å². The predicted octanol–water partition coefficient (Wildman–Crippen LogP) is 16.5. The lowest BCUT2D eigenvalue weighted by molar-refractivity contribution is 0.673. The molecule has 1 heterocycles. The maximum atomic E-state index is 6.68. The highest BCUT2D eigenvalue weighted by atomic mass is 16.3. The van der Waals surface area contributed by atoms with Crippen molar-refractivity contribution >= 4 is 49.8 Å². The van der Waals surface area contributed by atoms with E-state index in [4.69, 9.17) is 4.42 Å². The van der Waals surface area contributed by atoms with Crippen LogP contribution in [0, 0.1) is 0 Å². The minimum Gasteiger partial charge on any atom is -0.455 e. The molecule has 2 heteroatoms. The molecule has 0 aliphatic carbocycles. The molecule has 0 bridgehead atoms. The van der Waals surface area contributed by atoms with Gasteiger partial charge in [0.25, 0.3) is 0 Å². The van der Waals surface area contributed by atoms with Crippen molar-refractivity contribution in [3.8, 4) is 55.6 Å². The van der Waals surface area contributed by atoms with E-state index in [2.05, 4.69) is 241 Å². The Balaban J connectivity index is 1.08. The van der Waals surface area contributed by atoms with Crippen LogP contribution >= 0.6 is 0 Å². The summed E-state index contributed by atoms with van der Waals surface area (Å²) in [7, 11) is 0. The molecule has 1 aromatic heterocycles. The number of para-hydroxylation sites is 1. The molecule has 0 unspecified atom stereocenters. The van der Waals surface area contributed by atoms with Gasteiger partial charge in [0.15, 0.2) is 0 Å². The summed E-state index contributed by atoms with van der Waals surface area (Å²) in [5.74, 6) is 0. The third-order valence-corrected chi connectivity index (χ3v) is 11.6. The molecule has 60 heavy (non-hydrogen) atoms. The summed E-state index contributed by atoms with van der Waals surface area (Å²) in [4.78, 5) is 2.40. The van der Waals surface area contributed by atoms with Crippen LogP contribution in [0.1, 0.15) is 0 Å². The second-order valence-corrected chi connectivity index (χ2v) is 15.3. The maximum Gasteiger partial charge on any atom is 0.143 e. The molecular weight excluding hydrogens is 727 g/mol. The third-order valence-electron chi connectivity index (χ3n) is 11.6. The summed E-state index contributed by atoms with van der Waals surface area (Å²) in [5.41, 5.74) is 16.7. The lowest BCUT2D eigenvalue weighted by Gasteiger charge is -2.28. The SMILES string of the molecule is c1ccc(-c2cc(-c3ccccc3)cc(-c3ccc(N(c4cccc(-c5ccccc5)c4)c4ccccc4-c4cccc5oc6c7ccccc7ccc6c45)cc3)c2)cc1. The second-order valence-electron chi connectivity index (χ2n) is 15.3. The van der Waals surface area contributed by atoms with E-state index in [1.807, 2.05) is 0 Å². The molecule has 0 saturated carbocycles. The smallest absolute Gasteiger partial charge is 0.143 e. The van der Waals surface area contributed by atoms with Crippen LogP contribution in [-0.4, -0.2) is 0 Å². The molecule has 2 nitrogen and oxygen atoms in total. The summed E-state index contributed by atoms with van der Waals surface area (Å²) in [6.45, 7) is 0. The van der Waals surface area contributed by atoms with E-state index in [0.29, 0.717) is 0 Å². The van der Waals surface area contributed by atoms with Gasteiger partial charge in [-0.3, -0.25) is 0 Å². The predicted molar refractivity (Wildman–Crippen MR) is 253 cm³/mol. The molecule has 282 valence electrons. The van der Waals surface area contributed by atoms with E-state index in [-0.39, 0.29) is 0 Å². The Morgan fingerprint density at radius 2 is 0.833 bits per heavy atom. The molecule has 0 spiro atoms. The van der Waals surface area contributed by atoms with Crippen LogP contribution in [0.3, 0.4) is 0 Å². The van der Waals surface area contributed by atoms with Crippen LogP contribution in [0.2, 0.25) is 0 Å². The summed E-state index contributed by atoms with van der Waals surface area (Å²) in [5, 5.41) is 4.52. The van der Waals surface area contributed by atoms with E-state index in [1.54, 1.807) is 0 Å². The van der Waals surface area contributed by atoms with Crippen molar-refractivity contribution in [1.29, 1.82) is 0 Å². The largest absolute Gasteiger partial charge is 0.455 e. The lowest BCUT2D eigenvalue weighted by Crippen LogP contribution is -2.11. The number of rotatable bonds is 8. The Morgan fingerprint density at radius 3 is 1.52 bits per heavy atom. The fourth-order valence-corrected chi connectivity index (χ4v) is 8.75. The molecule has 0 amide bonds. The van der Waals surface area contributed by atoms with E-state index in [0.717, 1.165) is 66.6 Å². The van der Waals surface area contributed by atoms with Gasteiger partial charge in [0.2, 0.25) is 0 Å². The number of nitrogens with zero attached hydrogens (tertiary/aromatic N) is 1. The van der Waals surface area contributed by atoms with Gasteiger partial charge in [-0.25, -0.2) is 0 Å². The van der Waals surface area contributed by atoms with Crippen molar-refractivity contribution in [1.82, 2.24) is 0 Å². The van der Waals surface area contributed by atoms with Gasteiger partial charge in [-0.2, -0.15) is 0 Å². The van der Waals surface area contributed by atoms with E-state index >= 15 is 0 Å². The molecule has 11 aromatic rings. The van der Waals surface area contributed by atoms with Crippen LogP contribution in [0.5, 0.6) is 0 Å². The fraction of sp³-hybridized carbons (Fsp3) is 0. The van der Waals surface area contributed by atoms with Gasteiger partial charge in [-0.15, -0.1) is 0 Å². The summed E-state index contributed by atoms with van der Waals surface area (Å²) in [6, 6.07) is 84.9. The van der Waals surface area contributed by atoms with Gasteiger partial charge in [0, 0.05) is 33.1 Å². The molecule has 0 radical (unpaired) electrons. The number of hydrogen-bond donors (Lipinski definition) is 0. The number of fused-ring (bicyclic) bond motifs is 5.